The second-order valence-corrected chi connectivity index (χ2v) is 14.4. The fourth-order valence-corrected chi connectivity index (χ4v) is 8.45. The molecule has 0 saturated carbocycles. The van der Waals surface area contributed by atoms with Gasteiger partial charge in [-0.3, -0.25) is 0 Å². The highest BCUT2D eigenvalue weighted by Crippen LogP contribution is 2.42. The van der Waals surface area contributed by atoms with Gasteiger partial charge in [0.15, 0.2) is 17.5 Å². The fourth-order valence-electron chi connectivity index (χ4n) is 8.45. The highest BCUT2D eigenvalue weighted by Gasteiger charge is 2.20. The van der Waals surface area contributed by atoms with E-state index in [4.69, 9.17) is 23.8 Å². The summed E-state index contributed by atoms with van der Waals surface area (Å²) in [6.45, 7) is 0. The first-order valence-electron chi connectivity index (χ1n) is 19.0. The molecule has 0 spiro atoms. The van der Waals surface area contributed by atoms with Crippen molar-refractivity contribution in [3.05, 3.63) is 182 Å². The third kappa shape index (κ3) is 4.94. The summed E-state index contributed by atoms with van der Waals surface area (Å²) < 4.78 is 15.7. The van der Waals surface area contributed by atoms with E-state index in [1.54, 1.807) is 0 Å². The van der Waals surface area contributed by atoms with Crippen LogP contribution in [0.2, 0.25) is 0 Å². The van der Waals surface area contributed by atoms with Crippen LogP contribution < -0.4 is 0 Å². The normalized spacial score (nSPS) is 11.9. The lowest BCUT2D eigenvalue weighted by atomic mass is 10.0. The fraction of sp³-hybridized carbons (Fsp3) is 0. The van der Waals surface area contributed by atoms with Gasteiger partial charge in [-0.2, -0.15) is 0 Å². The number of benzene rings is 8. The van der Waals surface area contributed by atoms with Crippen LogP contribution in [0.3, 0.4) is 0 Å². The van der Waals surface area contributed by atoms with Gasteiger partial charge in [-0.15, -0.1) is 0 Å². The Morgan fingerprint density at radius 2 is 0.877 bits per heavy atom. The van der Waals surface area contributed by atoms with Crippen LogP contribution in [0.25, 0.3) is 117 Å². The molecule has 8 aromatic carbocycles. The molecule has 0 saturated heterocycles. The molecule has 0 N–H and O–H groups in total. The van der Waals surface area contributed by atoms with Gasteiger partial charge in [0.1, 0.15) is 22.3 Å². The first kappa shape index (κ1) is 31.5. The number of rotatable bonds is 5. The van der Waals surface area contributed by atoms with Gasteiger partial charge in [-0.1, -0.05) is 133 Å². The minimum Gasteiger partial charge on any atom is -0.456 e. The van der Waals surface area contributed by atoms with Gasteiger partial charge in [0.2, 0.25) is 0 Å². The molecule has 6 heteroatoms. The van der Waals surface area contributed by atoms with Crippen molar-refractivity contribution in [1.82, 2.24) is 19.5 Å². The maximum Gasteiger partial charge on any atom is 0.164 e. The zero-order chi connectivity index (χ0) is 37.5. The molecule has 12 aromatic rings. The zero-order valence-corrected chi connectivity index (χ0v) is 30.4. The SMILES string of the molecule is c1ccc(-c2nc(-c3ccccc3)nc(-c3ccc4c(c3)oc3cc(-c5cccc6c5oc5cccc(-n7c8ccccc8c8ccccc87)c56)ccc34)n2)cc1. The van der Waals surface area contributed by atoms with Gasteiger partial charge < -0.3 is 13.4 Å². The molecule has 266 valence electrons. The van der Waals surface area contributed by atoms with Crippen molar-refractivity contribution in [2.45, 2.75) is 0 Å². The molecule has 12 rings (SSSR count). The number of nitrogens with zero attached hydrogens (tertiary/aromatic N) is 4. The molecule has 4 heterocycles. The Morgan fingerprint density at radius 3 is 1.53 bits per heavy atom. The van der Waals surface area contributed by atoms with E-state index in [0.717, 1.165) is 77.4 Å². The van der Waals surface area contributed by atoms with Gasteiger partial charge in [-0.05, 0) is 54.1 Å². The lowest BCUT2D eigenvalue weighted by Crippen LogP contribution is -2.00. The molecule has 0 atom stereocenters. The summed E-state index contributed by atoms with van der Waals surface area (Å²) in [4.78, 5) is 14.7. The molecule has 0 radical (unpaired) electrons. The van der Waals surface area contributed by atoms with E-state index in [-0.39, 0.29) is 0 Å². The Hall–Kier alpha value is -7.83. The highest BCUT2D eigenvalue weighted by molar-refractivity contribution is 6.16. The molecule has 6 nitrogen and oxygen atoms in total. The largest absolute Gasteiger partial charge is 0.456 e. The second kappa shape index (κ2) is 12.3. The lowest BCUT2D eigenvalue weighted by molar-refractivity contribution is 0.668. The van der Waals surface area contributed by atoms with E-state index in [1.807, 2.05) is 66.7 Å². The third-order valence-electron chi connectivity index (χ3n) is 11.1. The van der Waals surface area contributed by atoms with E-state index < -0.39 is 0 Å². The van der Waals surface area contributed by atoms with Crippen LogP contribution >= 0.6 is 0 Å². The van der Waals surface area contributed by atoms with Crippen LogP contribution in [-0.2, 0) is 0 Å². The standard InChI is InChI=1S/C51H30N4O2/c1-3-13-31(14-4-1)49-52-50(32-15-5-2-6-16-32)54-51(53-49)34-26-28-39-38-27-25-33(29-45(38)56-46(39)30-34)35-19-11-20-40-47-43(23-12-24-44(47)57-48(35)40)55-41-21-9-7-17-36(41)37-18-8-10-22-42(37)55/h1-30H. The van der Waals surface area contributed by atoms with Crippen molar-refractivity contribution in [3.63, 3.8) is 0 Å². The molecule has 0 aliphatic heterocycles. The van der Waals surface area contributed by atoms with E-state index in [1.165, 1.54) is 21.8 Å². The van der Waals surface area contributed by atoms with Crippen molar-refractivity contribution >= 4 is 65.7 Å². The molecule has 0 unspecified atom stereocenters. The summed E-state index contributed by atoms with van der Waals surface area (Å²) in [7, 11) is 0. The van der Waals surface area contributed by atoms with Gasteiger partial charge >= 0.3 is 0 Å². The first-order valence-corrected chi connectivity index (χ1v) is 19.0. The predicted molar refractivity (Wildman–Crippen MR) is 230 cm³/mol. The zero-order valence-electron chi connectivity index (χ0n) is 30.4. The Labute approximate surface area is 325 Å². The van der Waals surface area contributed by atoms with E-state index in [9.17, 15) is 0 Å². The molecule has 0 bridgehead atoms. The predicted octanol–water partition coefficient (Wildman–Crippen LogP) is 13.4. The van der Waals surface area contributed by atoms with Crippen molar-refractivity contribution in [1.29, 1.82) is 0 Å². The summed E-state index contributed by atoms with van der Waals surface area (Å²) in [6, 6.07) is 62.6. The molecule has 0 amide bonds. The van der Waals surface area contributed by atoms with Crippen molar-refractivity contribution in [3.8, 4) is 51.0 Å². The molecule has 0 aliphatic carbocycles. The van der Waals surface area contributed by atoms with E-state index in [0.29, 0.717) is 17.5 Å². The molecule has 4 aromatic heterocycles. The van der Waals surface area contributed by atoms with Crippen LogP contribution in [0.4, 0.5) is 0 Å². The summed E-state index contributed by atoms with van der Waals surface area (Å²) in [5.74, 6) is 1.83. The molecular formula is C51H30N4O2. The minimum absolute atomic E-state index is 0.586. The Morgan fingerprint density at radius 1 is 0.351 bits per heavy atom. The highest BCUT2D eigenvalue weighted by atomic mass is 16.3. The monoisotopic (exact) mass is 730 g/mol. The van der Waals surface area contributed by atoms with Crippen LogP contribution in [-0.4, -0.2) is 19.5 Å². The Bertz CT molecular complexity index is 3410. The second-order valence-electron chi connectivity index (χ2n) is 14.4. The van der Waals surface area contributed by atoms with Crippen LogP contribution in [0.1, 0.15) is 0 Å². The van der Waals surface area contributed by atoms with Gasteiger partial charge in [0.25, 0.3) is 0 Å². The van der Waals surface area contributed by atoms with E-state index >= 15 is 0 Å². The molecule has 0 fully saturated rings. The number of para-hydroxylation sites is 3. The van der Waals surface area contributed by atoms with Crippen LogP contribution in [0.5, 0.6) is 0 Å². The maximum atomic E-state index is 6.76. The van der Waals surface area contributed by atoms with Gasteiger partial charge in [-0.25, -0.2) is 15.0 Å². The Balaban J connectivity index is 0.984. The van der Waals surface area contributed by atoms with Crippen LogP contribution in [0, 0.1) is 0 Å². The lowest BCUT2D eigenvalue weighted by Gasteiger charge is -2.09. The maximum absolute atomic E-state index is 6.76. The number of hydrogen-bond donors (Lipinski definition) is 0. The van der Waals surface area contributed by atoms with Crippen LogP contribution in [0.15, 0.2) is 191 Å². The molecule has 0 aliphatic rings. The summed E-state index contributed by atoms with van der Waals surface area (Å²) in [5, 5.41) is 6.67. The first-order chi connectivity index (χ1) is 28.2. The summed E-state index contributed by atoms with van der Waals surface area (Å²) >= 11 is 0. The molecule has 57 heavy (non-hydrogen) atoms. The van der Waals surface area contributed by atoms with E-state index in [2.05, 4.69) is 120 Å². The summed E-state index contributed by atoms with van der Waals surface area (Å²) in [5.41, 5.74) is 11.4. The topological polar surface area (TPSA) is 69.9 Å². The number of furan rings is 2. The average molecular weight is 731 g/mol. The average Bonchev–Trinajstić information content (AvgIpc) is 3.96. The summed E-state index contributed by atoms with van der Waals surface area (Å²) in [6.07, 6.45) is 0. The third-order valence-corrected chi connectivity index (χ3v) is 11.1. The molecular weight excluding hydrogens is 701 g/mol. The minimum atomic E-state index is 0.586. The number of aromatic nitrogens is 4. The quantitative estimate of drug-likeness (QED) is 0.176. The van der Waals surface area contributed by atoms with Gasteiger partial charge in [0, 0.05) is 49.2 Å². The Kier molecular flexibility index (Phi) is 6.83. The van der Waals surface area contributed by atoms with Crippen molar-refractivity contribution in [2.24, 2.45) is 0 Å². The number of fused-ring (bicyclic) bond motifs is 9. The van der Waals surface area contributed by atoms with Gasteiger partial charge in [0.05, 0.1) is 22.1 Å². The van der Waals surface area contributed by atoms with Crippen molar-refractivity contribution < 1.29 is 8.83 Å². The smallest absolute Gasteiger partial charge is 0.164 e. The van der Waals surface area contributed by atoms with Crippen molar-refractivity contribution in [2.75, 3.05) is 0 Å². The number of hydrogen-bond acceptors (Lipinski definition) is 5.